The summed E-state index contributed by atoms with van der Waals surface area (Å²) in [6.45, 7) is 1.63. The molecule has 122 valence electrons. The summed E-state index contributed by atoms with van der Waals surface area (Å²) in [5.41, 5.74) is 1.25. The minimum absolute atomic E-state index is 0.0947. The maximum atomic E-state index is 13.8. The van der Waals surface area contributed by atoms with Crippen LogP contribution in [0.3, 0.4) is 0 Å². The Morgan fingerprint density at radius 1 is 0.917 bits per heavy atom. The van der Waals surface area contributed by atoms with Crippen molar-refractivity contribution in [3.05, 3.63) is 83.6 Å². The summed E-state index contributed by atoms with van der Waals surface area (Å²) in [6, 6.07) is 13.7. The molecule has 1 heterocycles. The van der Waals surface area contributed by atoms with E-state index in [1.165, 1.54) is 30.5 Å². The summed E-state index contributed by atoms with van der Waals surface area (Å²) >= 11 is 0. The normalized spacial score (nSPS) is 11.4. The fourth-order valence-corrected chi connectivity index (χ4v) is 3.65. The van der Waals surface area contributed by atoms with E-state index in [9.17, 15) is 18.0 Å². The standard InChI is InChI=1S/C18H14FNO3S/c1-13-7-8-14(10-18(13)19)15-9-17(12-20(21)11-15)24(22,23)16-5-3-2-4-6-16/h2-12H,1H3. The predicted molar refractivity (Wildman–Crippen MR) is 87.4 cm³/mol. The molecule has 0 atom stereocenters. The predicted octanol–water partition coefficient (Wildman–Crippen LogP) is 3.27. The highest BCUT2D eigenvalue weighted by atomic mass is 32.2. The average Bonchev–Trinajstić information content (AvgIpc) is 2.57. The lowest BCUT2D eigenvalue weighted by atomic mass is 10.1. The molecule has 2 aromatic carbocycles. The summed E-state index contributed by atoms with van der Waals surface area (Å²) in [5.74, 6) is -0.415. The molecule has 24 heavy (non-hydrogen) atoms. The third-order valence-corrected chi connectivity index (χ3v) is 5.42. The second-order valence-electron chi connectivity index (χ2n) is 5.40. The van der Waals surface area contributed by atoms with Gasteiger partial charge in [-0.2, -0.15) is 4.73 Å². The van der Waals surface area contributed by atoms with E-state index in [2.05, 4.69) is 0 Å². The van der Waals surface area contributed by atoms with Gasteiger partial charge in [0.15, 0.2) is 12.4 Å². The highest BCUT2D eigenvalue weighted by Crippen LogP contribution is 2.26. The second-order valence-corrected chi connectivity index (χ2v) is 7.35. The third kappa shape index (κ3) is 3.00. The third-order valence-electron chi connectivity index (χ3n) is 3.69. The van der Waals surface area contributed by atoms with Crippen LogP contribution < -0.4 is 4.73 Å². The molecule has 0 amide bonds. The van der Waals surface area contributed by atoms with E-state index in [4.69, 9.17) is 0 Å². The number of sulfone groups is 1. The number of benzene rings is 2. The molecule has 0 spiro atoms. The van der Waals surface area contributed by atoms with Crippen molar-refractivity contribution in [2.75, 3.05) is 0 Å². The lowest BCUT2D eigenvalue weighted by Gasteiger charge is -2.08. The molecule has 0 radical (unpaired) electrons. The first-order valence-corrected chi connectivity index (χ1v) is 8.67. The van der Waals surface area contributed by atoms with E-state index < -0.39 is 15.7 Å². The topological polar surface area (TPSA) is 61.1 Å². The zero-order valence-electron chi connectivity index (χ0n) is 12.8. The number of pyridine rings is 1. The number of rotatable bonds is 3. The Morgan fingerprint density at radius 2 is 1.62 bits per heavy atom. The number of hydrogen-bond acceptors (Lipinski definition) is 3. The number of nitrogens with zero attached hydrogens (tertiary/aromatic N) is 1. The SMILES string of the molecule is Cc1ccc(-c2cc(S(=O)(=O)c3ccccc3)c[n+]([O-])c2)cc1F. The van der Waals surface area contributed by atoms with Gasteiger partial charge in [-0.25, -0.2) is 12.8 Å². The Kier molecular flexibility index (Phi) is 4.07. The van der Waals surface area contributed by atoms with Crippen molar-refractivity contribution >= 4 is 9.84 Å². The minimum atomic E-state index is -3.82. The largest absolute Gasteiger partial charge is 0.619 e. The van der Waals surface area contributed by atoms with Crippen LogP contribution in [0.15, 0.2) is 76.8 Å². The van der Waals surface area contributed by atoms with Gasteiger partial charge in [-0.05, 0) is 42.3 Å². The maximum absolute atomic E-state index is 13.8. The Balaban J connectivity index is 2.15. The van der Waals surface area contributed by atoms with Crippen molar-refractivity contribution in [2.45, 2.75) is 16.7 Å². The van der Waals surface area contributed by atoms with Gasteiger partial charge < -0.3 is 5.21 Å². The number of aromatic nitrogens is 1. The number of aryl methyl sites for hydroxylation is 1. The molecule has 1 aromatic heterocycles. The van der Waals surface area contributed by atoms with Crippen molar-refractivity contribution in [2.24, 2.45) is 0 Å². The molecule has 0 aliphatic rings. The summed E-state index contributed by atoms with van der Waals surface area (Å²) in [7, 11) is -3.82. The first kappa shape index (κ1) is 16.1. The van der Waals surface area contributed by atoms with Crippen LogP contribution in [-0.4, -0.2) is 8.42 Å². The molecule has 6 heteroatoms. The monoisotopic (exact) mass is 343 g/mol. The van der Waals surface area contributed by atoms with Crippen LogP contribution in [0.2, 0.25) is 0 Å². The summed E-state index contributed by atoms with van der Waals surface area (Å²) in [5, 5.41) is 11.9. The fourth-order valence-electron chi connectivity index (χ4n) is 2.34. The molecule has 4 nitrogen and oxygen atoms in total. The van der Waals surface area contributed by atoms with Crippen LogP contribution in [0.4, 0.5) is 4.39 Å². The highest BCUT2D eigenvalue weighted by molar-refractivity contribution is 7.91. The smallest absolute Gasteiger partial charge is 0.212 e. The van der Waals surface area contributed by atoms with Gasteiger partial charge >= 0.3 is 0 Å². The molecule has 0 saturated carbocycles. The van der Waals surface area contributed by atoms with Crippen LogP contribution in [0.1, 0.15) is 5.56 Å². The maximum Gasteiger partial charge on any atom is 0.212 e. The van der Waals surface area contributed by atoms with Gasteiger partial charge in [-0.15, -0.1) is 0 Å². The molecular weight excluding hydrogens is 329 g/mol. The van der Waals surface area contributed by atoms with E-state index >= 15 is 0 Å². The number of halogens is 1. The number of hydrogen-bond donors (Lipinski definition) is 0. The first-order chi connectivity index (χ1) is 11.4. The second kappa shape index (κ2) is 6.05. The molecule has 0 fully saturated rings. The molecule has 3 aromatic rings. The van der Waals surface area contributed by atoms with Crippen molar-refractivity contribution in [1.29, 1.82) is 0 Å². The molecule has 0 saturated heterocycles. The van der Waals surface area contributed by atoms with Crippen LogP contribution >= 0.6 is 0 Å². The molecule has 0 unspecified atom stereocenters. The van der Waals surface area contributed by atoms with Crippen molar-refractivity contribution in [1.82, 2.24) is 0 Å². The van der Waals surface area contributed by atoms with E-state index in [1.54, 1.807) is 37.3 Å². The van der Waals surface area contributed by atoms with E-state index in [0.29, 0.717) is 21.4 Å². The molecule has 0 N–H and O–H groups in total. The Morgan fingerprint density at radius 3 is 2.29 bits per heavy atom. The van der Waals surface area contributed by atoms with E-state index in [0.717, 1.165) is 6.20 Å². The van der Waals surface area contributed by atoms with Gasteiger partial charge in [0, 0.05) is 5.56 Å². The van der Waals surface area contributed by atoms with Gasteiger partial charge in [0.2, 0.25) is 9.84 Å². The zero-order chi connectivity index (χ0) is 17.3. The first-order valence-electron chi connectivity index (χ1n) is 7.18. The van der Waals surface area contributed by atoms with Crippen LogP contribution in [0.25, 0.3) is 11.1 Å². The lowest BCUT2D eigenvalue weighted by molar-refractivity contribution is -0.607. The van der Waals surface area contributed by atoms with Crippen molar-refractivity contribution < 1.29 is 17.5 Å². The van der Waals surface area contributed by atoms with Crippen molar-refractivity contribution in [3.63, 3.8) is 0 Å². The Hall–Kier alpha value is -2.73. The van der Waals surface area contributed by atoms with Gasteiger partial charge in [0.1, 0.15) is 10.7 Å². The van der Waals surface area contributed by atoms with E-state index in [1.807, 2.05) is 0 Å². The summed E-state index contributed by atoms with van der Waals surface area (Å²) < 4.78 is 39.5. The summed E-state index contributed by atoms with van der Waals surface area (Å²) in [4.78, 5) is -0.0422. The highest BCUT2D eigenvalue weighted by Gasteiger charge is 2.21. The summed E-state index contributed by atoms with van der Waals surface area (Å²) in [6.07, 6.45) is 2.21. The zero-order valence-corrected chi connectivity index (χ0v) is 13.6. The molecule has 0 bridgehead atoms. The van der Waals surface area contributed by atoms with Gasteiger partial charge in [0.25, 0.3) is 0 Å². The molecule has 0 aliphatic carbocycles. The molecule has 0 aliphatic heterocycles. The van der Waals surface area contributed by atoms with Gasteiger partial charge in [-0.1, -0.05) is 30.3 Å². The Labute approximate surface area is 139 Å². The van der Waals surface area contributed by atoms with E-state index in [-0.39, 0.29) is 9.79 Å². The Bertz CT molecular complexity index is 1000. The van der Waals surface area contributed by atoms with Crippen molar-refractivity contribution in [3.8, 4) is 11.1 Å². The molecule has 3 rings (SSSR count). The van der Waals surface area contributed by atoms with Crippen LogP contribution in [-0.2, 0) is 9.84 Å². The molecular formula is C18H14FNO3S. The quantitative estimate of drug-likeness (QED) is 0.542. The minimum Gasteiger partial charge on any atom is -0.619 e. The van der Waals surface area contributed by atoms with Crippen LogP contribution in [0, 0.1) is 17.9 Å². The lowest BCUT2D eigenvalue weighted by Crippen LogP contribution is -2.26. The average molecular weight is 343 g/mol. The van der Waals surface area contributed by atoms with Gasteiger partial charge in [0.05, 0.1) is 4.90 Å². The van der Waals surface area contributed by atoms with Crippen LogP contribution in [0.5, 0.6) is 0 Å². The van der Waals surface area contributed by atoms with Gasteiger partial charge in [-0.3, -0.25) is 0 Å². The fraction of sp³-hybridized carbons (Fsp3) is 0.0556.